The van der Waals surface area contributed by atoms with Crippen LogP contribution in [0.4, 0.5) is 0 Å². The number of hydrogen-bond donors (Lipinski definition) is 1. The predicted octanol–water partition coefficient (Wildman–Crippen LogP) is 5.69. The highest BCUT2D eigenvalue weighted by Crippen LogP contribution is 2.72. The van der Waals surface area contributed by atoms with E-state index in [-0.39, 0.29) is 35.7 Å². The first-order valence-electron chi connectivity index (χ1n) is 13.6. The SMILES string of the molecule is CC(=O)OC1CC2(C)C(CCC3C4(C)C=CC(=O)CC4C(=O)CC32C)/C1=C(/CCCC(C)C)C(=O)O. The van der Waals surface area contributed by atoms with Crippen molar-refractivity contribution in [2.24, 2.45) is 39.9 Å². The van der Waals surface area contributed by atoms with Crippen LogP contribution in [0.5, 0.6) is 0 Å². The van der Waals surface area contributed by atoms with Crippen LogP contribution >= 0.6 is 0 Å². The van der Waals surface area contributed by atoms with E-state index in [1.807, 2.05) is 6.08 Å². The Morgan fingerprint density at radius 3 is 2.42 bits per heavy atom. The van der Waals surface area contributed by atoms with E-state index in [9.17, 15) is 24.3 Å². The van der Waals surface area contributed by atoms with Crippen LogP contribution in [0.15, 0.2) is 23.3 Å². The normalized spacial score (nSPS) is 41.0. The maximum Gasteiger partial charge on any atom is 0.331 e. The molecule has 4 aliphatic carbocycles. The van der Waals surface area contributed by atoms with Gasteiger partial charge < -0.3 is 9.84 Å². The monoisotopic (exact) mass is 498 g/mol. The summed E-state index contributed by atoms with van der Waals surface area (Å²) in [5.41, 5.74) is -0.0273. The Labute approximate surface area is 214 Å². The highest BCUT2D eigenvalue weighted by atomic mass is 16.5. The molecule has 36 heavy (non-hydrogen) atoms. The van der Waals surface area contributed by atoms with Crippen molar-refractivity contribution in [3.8, 4) is 0 Å². The number of hydrogen-bond acceptors (Lipinski definition) is 5. The Hall–Kier alpha value is -2.24. The minimum atomic E-state index is -0.928. The number of aliphatic carboxylic acids is 1. The second kappa shape index (κ2) is 9.25. The number of fused-ring (bicyclic) bond motifs is 5. The number of rotatable bonds is 6. The van der Waals surface area contributed by atoms with Gasteiger partial charge in [-0.1, -0.05) is 47.1 Å². The summed E-state index contributed by atoms with van der Waals surface area (Å²) >= 11 is 0. The van der Waals surface area contributed by atoms with Crippen molar-refractivity contribution in [2.75, 3.05) is 0 Å². The van der Waals surface area contributed by atoms with E-state index in [2.05, 4.69) is 34.6 Å². The number of carboxylic acids is 1. The van der Waals surface area contributed by atoms with Crippen molar-refractivity contribution in [3.63, 3.8) is 0 Å². The molecule has 198 valence electrons. The molecule has 7 atom stereocenters. The van der Waals surface area contributed by atoms with E-state index in [1.54, 1.807) is 6.08 Å². The Bertz CT molecular complexity index is 1040. The summed E-state index contributed by atoms with van der Waals surface area (Å²) in [5, 5.41) is 10.3. The number of ether oxygens (including phenoxy) is 1. The molecule has 3 fully saturated rings. The van der Waals surface area contributed by atoms with E-state index >= 15 is 0 Å². The third-order valence-electron chi connectivity index (χ3n) is 10.5. The van der Waals surface area contributed by atoms with Gasteiger partial charge in [-0.15, -0.1) is 0 Å². The van der Waals surface area contributed by atoms with Crippen LogP contribution in [0, 0.1) is 39.9 Å². The van der Waals surface area contributed by atoms with Crippen LogP contribution in [0.25, 0.3) is 0 Å². The number of carboxylic acid groups (broad SMARTS) is 1. The van der Waals surface area contributed by atoms with Crippen molar-refractivity contribution in [2.45, 2.75) is 99.0 Å². The predicted molar refractivity (Wildman–Crippen MR) is 136 cm³/mol. The number of Topliss-reactive ketones (excluding diaryl/α,β-unsaturated/α-hetero) is 1. The molecule has 0 saturated heterocycles. The van der Waals surface area contributed by atoms with Gasteiger partial charge in [-0.25, -0.2) is 4.79 Å². The van der Waals surface area contributed by atoms with Gasteiger partial charge in [-0.2, -0.15) is 0 Å². The summed E-state index contributed by atoms with van der Waals surface area (Å²) in [5.74, 6) is -0.873. The standard InChI is InChI=1S/C30H42O6/c1-17(2)8-7-9-20(27(34)35)26-21-10-11-25-28(4)13-12-19(32)14-22(28)23(33)15-30(25,6)29(21,5)16-24(26)36-18(3)31/h12-13,17,21-22,24-25H,7-11,14-16H2,1-6H3,(H,34,35)/b26-20+. The molecule has 0 bridgehead atoms. The lowest BCUT2D eigenvalue weighted by Gasteiger charge is -2.64. The van der Waals surface area contributed by atoms with Crippen molar-refractivity contribution < 1.29 is 29.0 Å². The molecule has 4 aliphatic rings. The smallest absolute Gasteiger partial charge is 0.331 e. The Balaban J connectivity index is 1.81. The van der Waals surface area contributed by atoms with Gasteiger partial charge in [-0.3, -0.25) is 14.4 Å². The summed E-state index contributed by atoms with van der Waals surface area (Å²) in [6.45, 7) is 12.2. The van der Waals surface area contributed by atoms with E-state index < -0.39 is 34.3 Å². The van der Waals surface area contributed by atoms with Crippen molar-refractivity contribution >= 4 is 23.5 Å². The van der Waals surface area contributed by atoms with E-state index in [4.69, 9.17) is 4.74 Å². The Kier molecular flexibility index (Phi) is 6.89. The second-order valence-electron chi connectivity index (χ2n) is 12.9. The molecule has 3 saturated carbocycles. The van der Waals surface area contributed by atoms with Gasteiger partial charge in [0.25, 0.3) is 0 Å². The summed E-state index contributed by atoms with van der Waals surface area (Å²) in [4.78, 5) is 50.5. The van der Waals surface area contributed by atoms with Crippen molar-refractivity contribution in [1.82, 2.24) is 0 Å². The van der Waals surface area contributed by atoms with E-state index in [0.29, 0.717) is 30.8 Å². The van der Waals surface area contributed by atoms with Crippen molar-refractivity contribution in [3.05, 3.63) is 23.3 Å². The maximum atomic E-state index is 13.6. The summed E-state index contributed by atoms with van der Waals surface area (Å²) < 4.78 is 5.83. The first-order chi connectivity index (χ1) is 16.7. The van der Waals surface area contributed by atoms with Gasteiger partial charge in [-0.05, 0) is 77.8 Å². The van der Waals surface area contributed by atoms with Gasteiger partial charge in [0.2, 0.25) is 0 Å². The second-order valence-corrected chi connectivity index (χ2v) is 12.9. The molecule has 7 unspecified atom stereocenters. The molecule has 0 aliphatic heterocycles. The molecule has 0 aromatic rings. The van der Waals surface area contributed by atoms with E-state index in [0.717, 1.165) is 31.3 Å². The lowest BCUT2D eigenvalue weighted by Crippen LogP contribution is -2.61. The molecular weight excluding hydrogens is 456 g/mol. The average molecular weight is 499 g/mol. The van der Waals surface area contributed by atoms with Gasteiger partial charge in [0.1, 0.15) is 11.9 Å². The Morgan fingerprint density at radius 2 is 1.81 bits per heavy atom. The quantitative estimate of drug-likeness (QED) is 0.373. The third kappa shape index (κ3) is 4.09. The van der Waals surface area contributed by atoms with Crippen LogP contribution in [0.3, 0.4) is 0 Å². The third-order valence-corrected chi connectivity index (χ3v) is 10.5. The zero-order chi connectivity index (χ0) is 26.6. The molecule has 1 N–H and O–H groups in total. The molecule has 4 rings (SSSR count). The molecule has 0 radical (unpaired) electrons. The molecule has 0 heterocycles. The summed E-state index contributed by atoms with van der Waals surface area (Å²) in [6.07, 6.45) is 8.05. The molecule has 0 spiro atoms. The fourth-order valence-corrected chi connectivity index (χ4v) is 8.64. The minimum absolute atomic E-state index is 0.0165. The lowest BCUT2D eigenvalue weighted by atomic mass is 9.38. The number of allylic oxidation sites excluding steroid dienone is 2. The van der Waals surface area contributed by atoms with Gasteiger partial charge in [0.05, 0.1) is 0 Å². The highest BCUT2D eigenvalue weighted by molar-refractivity contribution is 5.97. The first kappa shape index (κ1) is 26.8. The Morgan fingerprint density at radius 1 is 1.11 bits per heavy atom. The molecule has 0 aromatic carbocycles. The number of carbonyl (C=O) groups excluding carboxylic acids is 3. The summed E-state index contributed by atoms with van der Waals surface area (Å²) in [7, 11) is 0. The van der Waals surface area contributed by atoms with Gasteiger partial charge >= 0.3 is 11.9 Å². The van der Waals surface area contributed by atoms with Gasteiger partial charge in [0, 0.05) is 31.3 Å². The van der Waals surface area contributed by atoms with Gasteiger partial charge in [0.15, 0.2) is 5.78 Å². The maximum absolute atomic E-state index is 13.6. The fourth-order valence-electron chi connectivity index (χ4n) is 8.64. The van der Waals surface area contributed by atoms with Crippen LogP contribution in [0.2, 0.25) is 0 Å². The largest absolute Gasteiger partial charge is 0.478 e. The van der Waals surface area contributed by atoms with Crippen molar-refractivity contribution in [1.29, 1.82) is 0 Å². The molecule has 0 aromatic heterocycles. The lowest BCUT2D eigenvalue weighted by molar-refractivity contribution is -0.172. The zero-order valence-corrected chi connectivity index (χ0v) is 22.7. The number of carbonyl (C=O) groups is 4. The van der Waals surface area contributed by atoms with Crippen LogP contribution in [-0.4, -0.2) is 34.7 Å². The van der Waals surface area contributed by atoms with Crippen LogP contribution < -0.4 is 0 Å². The fraction of sp³-hybridized carbons (Fsp3) is 0.733. The molecule has 0 amide bonds. The summed E-state index contributed by atoms with van der Waals surface area (Å²) in [6, 6.07) is 0. The van der Waals surface area contributed by atoms with E-state index in [1.165, 1.54) is 6.92 Å². The number of ketones is 2. The average Bonchev–Trinajstić information content (AvgIpc) is 3.04. The minimum Gasteiger partial charge on any atom is -0.478 e. The zero-order valence-electron chi connectivity index (χ0n) is 22.7. The molecular formula is C30H42O6. The molecule has 6 nitrogen and oxygen atoms in total. The molecule has 6 heteroatoms. The number of esters is 1. The topological polar surface area (TPSA) is 97.7 Å². The van der Waals surface area contributed by atoms with Crippen LogP contribution in [-0.2, 0) is 23.9 Å². The first-order valence-corrected chi connectivity index (χ1v) is 13.6. The highest BCUT2D eigenvalue weighted by Gasteiger charge is 2.69. The van der Waals surface area contributed by atoms with Crippen LogP contribution in [0.1, 0.15) is 92.9 Å².